The second-order valence-electron chi connectivity index (χ2n) is 6.48. The molecule has 2 unspecified atom stereocenters. The largest absolute Gasteiger partial charge is 0.387 e. The van der Waals surface area contributed by atoms with Crippen molar-refractivity contribution in [3.8, 4) is 0 Å². The monoisotopic (exact) mass is 282 g/mol. The predicted molar refractivity (Wildman–Crippen MR) is 75.9 cm³/mol. The highest BCUT2D eigenvalue weighted by atomic mass is 16.3. The highest BCUT2D eigenvalue weighted by Gasteiger charge is 2.33. The summed E-state index contributed by atoms with van der Waals surface area (Å²) in [7, 11) is 0. The Bertz CT molecular complexity index is 354. The molecule has 2 aliphatic rings. The second-order valence-corrected chi connectivity index (χ2v) is 6.48. The third-order valence-electron chi connectivity index (χ3n) is 4.61. The molecule has 0 radical (unpaired) electrons. The van der Waals surface area contributed by atoms with E-state index in [2.05, 4.69) is 13.8 Å². The number of aliphatic hydroxyl groups is 1. The van der Waals surface area contributed by atoms with Gasteiger partial charge in [-0.15, -0.1) is 0 Å². The van der Waals surface area contributed by atoms with Crippen molar-refractivity contribution in [2.24, 2.45) is 17.8 Å². The molecule has 1 heterocycles. The molecule has 1 saturated heterocycles. The third kappa shape index (κ3) is 3.51. The number of nitrogens with zero attached hydrogens (tertiary/aromatic N) is 2. The van der Waals surface area contributed by atoms with Crippen LogP contribution in [0.5, 0.6) is 0 Å². The Balaban J connectivity index is 1.87. The van der Waals surface area contributed by atoms with Gasteiger partial charge in [0.2, 0.25) is 11.8 Å². The lowest BCUT2D eigenvalue weighted by Crippen LogP contribution is -2.53. The van der Waals surface area contributed by atoms with Crippen molar-refractivity contribution in [2.45, 2.75) is 33.1 Å². The van der Waals surface area contributed by atoms with E-state index in [1.807, 2.05) is 4.90 Å². The van der Waals surface area contributed by atoms with Crippen molar-refractivity contribution in [1.82, 2.24) is 9.80 Å². The highest BCUT2D eigenvalue weighted by Crippen LogP contribution is 2.34. The molecule has 20 heavy (non-hydrogen) atoms. The molecular formula is C15H26N2O3. The molecule has 1 saturated carbocycles. The van der Waals surface area contributed by atoms with Crippen LogP contribution in [0.4, 0.5) is 0 Å². The van der Waals surface area contributed by atoms with Crippen LogP contribution in [0.2, 0.25) is 0 Å². The van der Waals surface area contributed by atoms with Gasteiger partial charge in [-0.2, -0.15) is 0 Å². The number of piperazine rings is 1. The molecule has 5 heteroatoms. The van der Waals surface area contributed by atoms with Crippen molar-refractivity contribution >= 4 is 11.8 Å². The van der Waals surface area contributed by atoms with Crippen LogP contribution in [-0.2, 0) is 9.59 Å². The zero-order valence-electron chi connectivity index (χ0n) is 12.5. The first-order chi connectivity index (χ1) is 9.51. The van der Waals surface area contributed by atoms with Crippen LogP contribution in [-0.4, -0.2) is 59.5 Å². The van der Waals surface area contributed by atoms with Crippen molar-refractivity contribution < 1.29 is 14.7 Å². The molecule has 2 atom stereocenters. The fourth-order valence-electron chi connectivity index (χ4n) is 3.68. The van der Waals surface area contributed by atoms with E-state index in [4.69, 9.17) is 5.11 Å². The topological polar surface area (TPSA) is 60.9 Å². The minimum Gasteiger partial charge on any atom is -0.387 e. The average molecular weight is 282 g/mol. The summed E-state index contributed by atoms with van der Waals surface area (Å²) in [6.45, 7) is 6.31. The summed E-state index contributed by atoms with van der Waals surface area (Å²) in [5.41, 5.74) is 0. The van der Waals surface area contributed by atoms with E-state index in [1.165, 1.54) is 6.42 Å². The molecule has 0 bridgehead atoms. The van der Waals surface area contributed by atoms with Crippen LogP contribution in [0.1, 0.15) is 33.1 Å². The molecule has 2 fully saturated rings. The van der Waals surface area contributed by atoms with E-state index in [0.717, 1.165) is 12.8 Å². The quantitative estimate of drug-likeness (QED) is 0.812. The Hall–Kier alpha value is -1.10. The van der Waals surface area contributed by atoms with Gasteiger partial charge in [-0.25, -0.2) is 0 Å². The van der Waals surface area contributed by atoms with Gasteiger partial charge in [-0.3, -0.25) is 9.59 Å². The molecule has 1 N–H and O–H groups in total. The first-order valence-electron chi connectivity index (χ1n) is 7.68. The molecule has 0 spiro atoms. The fourth-order valence-corrected chi connectivity index (χ4v) is 3.68. The van der Waals surface area contributed by atoms with Gasteiger partial charge >= 0.3 is 0 Å². The second kappa shape index (κ2) is 6.57. The number of aliphatic hydroxyl groups excluding tert-OH is 1. The normalized spacial score (nSPS) is 31.2. The summed E-state index contributed by atoms with van der Waals surface area (Å²) in [5.74, 6) is 1.44. The van der Waals surface area contributed by atoms with E-state index < -0.39 is 6.61 Å². The lowest BCUT2D eigenvalue weighted by molar-refractivity contribution is -0.144. The minimum absolute atomic E-state index is 0.161. The lowest BCUT2D eigenvalue weighted by atomic mass is 9.76. The fraction of sp³-hybridized carbons (Fsp3) is 0.867. The van der Waals surface area contributed by atoms with Gasteiger partial charge in [-0.1, -0.05) is 13.8 Å². The molecule has 114 valence electrons. The maximum absolute atomic E-state index is 12.6. The molecular weight excluding hydrogens is 256 g/mol. The number of rotatable bonds is 2. The summed E-state index contributed by atoms with van der Waals surface area (Å²) in [6.07, 6.45) is 3.22. The maximum atomic E-state index is 12.6. The summed E-state index contributed by atoms with van der Waals surface area (Å²) >= 11 is 0. The molecule has 0 aromatic rings. The van der Waals surface area contributed by atoms with Crippen LogP contribution >= 0.6 is 0 Å². The van der Waals surface area contributed by atoms with Gasteiger partial charge in [0.15, 0.2) is 0 Å². The Kier molecular flexibility index (Phi) is 5.02. The Morgan fingerprint density at radius 2 is 1.45 bits per heavy atom. The number of carbonyl (C=O) groups excluding carboxylic acids is 2. The first-order valence-corrected chi connectivity index (χ1v) is 7.68. The standard InChI is InChI=1S/C15H26N2O3/c1-11-7-12(2)9-13(8-11)15(20)17-5-3-16(4-6-17)14(19)10-18/h11-13,18H,3-10H2,1-2H3. The Morgan fingerprint density at radius 1 is 0.950 bits per heavy atom. The van der Waals surface area contributed by atoms with Crippen LogP contribution < -0.4 is 0 Å². The number of carbonyl (C=O) groups is 2. The predicted octanol–water partition coefficient (Wildman–Crippen LogP) is 0.722. The number of hydrogen-bond acceptors (Lipinski definition) is 3. The van der Waals surface area contributed by atoms with Crippen LogP contribution in [0.25, 0.3) is 0 Å². The van der Waals surface area contributed by atoms with E-state index in [-0.39, 0.29) is 17.7 Å². The van der Waals surface area contributed by atoms with E-state index in [0.29, 0.717) is 38.0 Å². The molecule has 2 amide bonds. The summed E-state index contributed by atoms with van der Waals surface area (Å²) in [6, 6.07) is 0. The van der Waals surface area contributed by atoms with Crippen molar-refractivity contribution in [3.05, 3.63) is 0 Å². The van der Waals surface area contributed by atoms with E-state index in [9.17, 15) is 9.59 Å². The van der Waals surface area contributed by atoms with Gasteiger partial charge in [0, 0.05) is 32.1 Å². The zero-order valence-corrected chi connectivity index (χ0v) is 12.5. The van der Waals surface area contributed by atoms with Crippen molar-refractivity contribution in [1.29, 1.82) is 0 Å². The van der Waals surface area contributed by atoms with Crippen LogP contribution in [0, 0.1) is 17.8 Å². The SMILES string of the molecule is CC1CC(C)CC(C(=O)N2CCN(C(=O)CO)CC2)C1. The van der Waals surface area contributed by atoms with Gasteiger partial charge in [0.05, 0.1) is 0 Å². The minimum atomic E-state index is -0.439. The third-order valence-corrected chi connectivity index (χ3v) is 4.61. The van der Waals surface area contributed by atoms with Crippen molar-refractivity contribution in [2.75, 3.05) is 32.8 Å². The number of amides is 2. The van der Waals surface area contributed by atoms with Crippen LogP contribution in [0.3, 0.4) is 0 Å². The Labute approximate surface area is 120 Å². The van der Waals surface area contributed by atoms with E-state index >= 15 is 0 Å². The van der Waals surface area contributed by atoms with E-state index in [1.54, 1.807) is 4.90 Å². The summed E-state index contributed by atoms with van der Waals surface area (Å²) < 4.78 is 0. The summed E-state index contributed by atoms with van der Waals surface area (Å²) in [5, 5.41) is 8.85. The van der Waals surface area contributed by atoms with Crippen molar-refractivity contribution in [3.63, 3.8) is 0 Å². The molecule has 1 aliphatic heterocycles. The summed E-state index contributed by atoms with van der Waals surface area (Å²) in [4.78, 5) is 27.5. The van der Waals surface area contributed by atoms with Gasteiger partial charge < -0.3 is 14.9 Å². The van der Waals surface area contributed by atoms with Gasteiger partial charge in [0.1, 0.15) is 6.61 Å². The van der Waals surface area contributed by atoms with Gasteiger partial charge in [-0.05, 0) is 31.1 Å². The molecule has 2 rings (SSSR count). The first kappa shape index (κ1) is 15.3. The average Bonchev–Trinajstić information content (AvgIpc) is 2.45. The molecule has 1 aliphatic carbocycles. The maximum Gasteiger partial charge on any atom is 0.248 e. The number of hydrogen-bond donors (Lipinski definition) is 1. The highest BCUT2D eigenvalue weighted by molar-refractivity contribution is 5.80. The molecule has 5 nitrogen and oxygen atoms in total. The smallest absolute Gasteiger partial charge is 0.248 e. The molecule has 0 aromatic carbocycles. The molecule has 0 aromatic heterocycles. The van der Waals surface area contributed by atoms with Crippen LogP contribution in [0.15, 0.2) is 0 Å². The lowest BCUT2D eigenvalue weighted by Gasteiger charge is -2.38. The van der Waals surface area contributed by atoms with Gasteiger partial charge in [0.25, 0.3) is 0 Å². The Morgan fingerprint density at radius 3 is 1.95 bits per heavy atom. The zero-order chi connectivity index (χ0) is 14.7.